The summed E-state index contributed by atoms with van der Waals surface area (Å²) in [5, 5.41) is 3.34. The van der Waals surface area contributed by atoms with E-state index in [1.807, 2.05) is 13.2 Å². The number of thioether (sulfide) groups is 1. The first-order valence-corrected chi connectivity index (χ1v) is 9.63. The van der Waals surface area contributed by atoms with Crippen molar-refractivity contribution in [2.75, 3.05) is 31.8 Å². The minimum absolute atomic E-state index is 0.153. The molecule has 24 heavy (non-hydrogen) atoms. The third-order valence-corrected chi connectivity index (χ3v) is 4.24. The molecule has 0 aromatic heterocycles. The summed E-state index contributed by atoms with van der Waals surface area (Å²) in [6, 6.07) is 3.83. The van der Waals surface area contributed by atoms with Crippen LogP contribution >= 0.6 is 35.0 Å². The van der Waals surface area contributed by atoms with Crippen molar-refractivity contribution in [1.29, 1.82) is 0 Å². The normalized spacial score (nSPS) is 11.8. The monoisotopic (exact) mass is 393 g/mol. The molecule has 8 heteroatoms. The van der Waals surface area contributed by atoms with E-state index in [9.17, 15) is 9.59 Å². The number of hydrogen-bond acceptors (Lipinski definition) is 5. The number of ether oxygens (including phenoxy) is 2. The van der Waals surface area contributed by atoms with Crippen molar-refractivity contribution < 1.29 is 19.1 Å². The van der Waals surface area contributed by atoms with Crippen LogP contribution in [-0.2, 0) is 14.3 Å². The predicted molar refractivity (Wildman–Crippen MR) is 98.2 cm³/mol. The van der Waals surface area contributed by atoms with Crippen molar-refractivity contribution in [3.8, 4) is 0 Å². The van der Waals surface area contributed by atoms with Gasteiger partial charge in [-0.15, -0.1) is 0 Å². The van der Waals surface area contributed by atoms with Crippen LogP contribution in [0.1, 0.15) is 23.7 Å². The van der Waals surface area contributed by atoms with Gasteiger partial charge in [-0.2, -0.15) is 11.8 Å². The Morgan fingerprint density at radius 3 is 2.67 bits per heavy atom. The fourth-order valence-corrected chi connectivity index (χ4v) is 2.81. The lowest BCUT2D eigenvalue weighted by Crippen LogP contribution is -2.42. The highest BCUT2D eigenvalue weighted by molar-refractivity contribution is 7.98. The Morgan fingerprint density at radius 2 is 2.04 bits per heavy atom. The minimum atomic E-state index is -0.738. The summed E-state index contributed by atoms with van der Waals surface area (Å²) < 4.78 is 10.3. The van der Waals surface area contributed by atoms with E-state index < -0.39 is 17.9 Å². The molecule has 1 aromatic rings. The summed E-state index contributed by atoms with van der Waals surface area (Å²) in [5.74, 6) is -0.216. The van der Waals surface area contributed by atoms with Gasteiger partial charge in [0.1, 0.15) is 12.6 Å². The van der Waals surface area contributed by atoms with Crippen molar-refractivity contribution in [2.24, 2.45) is 0 Å². The van der Waals surface area contributed by atoms with E-state index in [0.29, 0.717) is 30.4 Å². The summed E-state index contributed by atoms with van der Waals surface area (Å²) >= 11 is 13.4. The molecule has 0 saturated carbocycles. The van der Waals surface area contributed by atoms with Crippen LogP contribution in [0.25, 0.3) is 0 Å². The van der Waals surface area contributed by atoms with Crippen LogP contribution in [0.4, 0.5) is 0 Å². The fraction of sp³-hybridized carbons (Fsp3) is 0.500. The van der Waals surface area contributed by atoms with E-state index >= 15 is 0 Å². The summed E-state index contributed by atoms with van der Waals surface area (Å²) in [4.78, 5) is 24.5. The van der Waals surface area contributed by atoms with E-state index in [0.717, 1.165) is 0 Å². The van der Waals surface area contributed by atoms with Gasteiger partial charge in [-0.1, -0.05) is 23.2 Å². The first kappa shape index (κ1) is 21.1. The first-order valence-electron chi connectivity index (χ1n) is 7.48. The van der Waals surface area contributed by atoms with Crippen LogP contribution < -0.4 is 5.32 Å². The summed E-state index contributed by atoms with van der Waals surface area (Å²) in [6.07, 6.45) is 2.39. The van der Waals surface area contributed by atoms with Gasteiger partial charge in [0.2, 0.25) is 0 Å². The SMILES string of the molecule is CCOCCOC(=O)C(CCSC)NC(=O)c1ccc(Cl)cc1Cl. The number of benzene rings is 1. The van der Waals surface area contributed by atoms with E-state index in [1.54, 1.807) is 17.8 Å². The highest BCUT2D eigenvalue weighted by Gasteiger charge is 2.23. The minimum Gasteiger partial charge on any atom is -0.462 e. The van der Waals surface area contributed by atoms with E-state index in [1.165, 1.54) is 12.1 Å². The lowest BCUT2D eigenvalue weighted by atomic mass is 10.1. The molecule has 0 heterocycles. The zero-order valence-corrected chi connectivity index (χ0v) is 16.0. The molecule has 5 nitrogen and oxygen atoms in total. The first-order chi connectivity index (χ1) is 11.5. The molecule has 134 valence electrons. The second-order valence-electron chi connectivity index (χ2n) is 4.80. The van der Waals surface area contributed by atoms with E-state index in [-0.39, 0.29) is 17.2 Å². The van der Waals surface area contributed by atoms with E-state index in [2.05, 4.69) is 5.32 Å². The maximum absolute atomic E-state index is 12.4. The summed E-state index contributed by atoms with van der Waals surface area (Å²) in [6.45, 7) is 2.90. The summed E-state index contributed by atoms with van der Waals surface area (Å²) in [7, 11) is 0. The molecule has 0 bridgehead atoms. The second kappa shape index (κ2) is 11.6. The highest BCUT2D eigenvalue weighted by Crippen LogP contribution is 2.21. The summed E-state index contributed by atoms with van der Waals surface area (Å²) in [5.41, 5.74) is 0.261. The maximum atomic E-state index is 12.4. The molecular formula is C16H21Cl2NO4S. The predicted octanol–water partition coefficient (Wildman–Crippen LogP) is 3.42. The zero-order chi connectivity index (χ0) is 17.9. The van der Waals surface area contributed by atoms with Gasteiger partial charge in [0.05, 0.1) is 17.2 Å². The molecule has 1 atom stereocenters. The number of carbonyl (C=O) groups excluding carboxylic acids is 2. The van der Waals surface area contributed by atoms with Gasteiger partial charge in [-0.05, 0) is 43.6 Å². The largest absolute Gasteiger partial charge is 0.462 e. The van der Waals surface area contributed by atoms with Crippen LogP contribution in [0.2, 0.25) is 10.0 Å². The maximum Gasteiger partial charge on any atom is 0.328 e. The number of rotatable bonds is 10. The van der Waals surface area contributed by atoms with Crippen LogP contribution in [0.3, 0.4) is 0 Å². The standard InChI is InChI=1S/C16H21Cl2NO4S/c1-3-22-7-8-23-16(21)14(6-9-24-2)19-15(20)12-5-4-11(17)10-13(12)18/h4-5,10,14H,3,6-9H2,1-2H3,(H,19,20). The number of esters is 1. The Morgan fingerprint density at radius 1 is 1.29 bits per heavy atom. The van der Waals surface area contributed by atoms with Gasteiger partial charge in [0.15, 0.2) is 0 Å². The third kappa shape index (κ3) is 7.30. The molecule has 0 spiro atoms. The van der Waals surface area contributed by atoms with Crippen LogP contribution in [0.15, 0.2) is 18.2 Å². The molecule has 1 aromatic carbocycles. The van der Waals surface area contributed by atoms with Crippen molar-refractivity contribution in [2.45, 2.75) is 19.4 Å². The molecule has 0 saturated heterocycles. The molecule has 0 aliphatic carbocycles. The smallest absolute Gasteiger partial charge is 0.328 e. The number of hydrogen-bond donors (Lipinski definition) is 1. The lowest BCUT2D eigenvalue weighted by molar-refractivity contribution is -0.147. The van der Waals surface area contributed by atoms with Gasteiger partial charge < -0.3 is 14.8 Å². The number of carbonyl (C=O) groups is 2. The van der Waals surface area contributed by atoms with Crippen LogP contribution in [0.5, 0.6) is 0 Å². The van der Waals surface area contributed by atoms with Crippen molar-refractivity contribution in [3.63, 3.8) is 0 Å². The molecule has 0 fully saturated rings. The van der Waals surface area contributed by atoms with Crippen molar-refractivity contribution in [1.82, 2.24) is 5.32 Å². The Balaban J connectivity index is 2.69. The Kier molecular flexibility index (Phi) is 10.2. The van der Waals surface area contributed by atoms with Crippen molar-refractivity contribution in [3.05, 3.63) is 33.8 Å². The van der Waals surface area contributed by atoms with E-state index in [4.69, 9.17) is 32.7 Å². The second-order valence-corrected chi connectivity index (χ2v) is 6.63. The van der Waals surface area contributed by atoms with Crippen LogP contribution in [-0.4, -0.2) is 49.7 Å². The number of halogens is 2. The van der Waals surface area contributed by atoms with Gasteiger partial charge >= 0.3 is 5.97 Å². The highest BCUT2D eigenvalue weighted by atomic mass is 35.5. The molecular weight excluding hydrogens is 373 g/mol. The molecule has 0 radical (unpaired) electrons. The molecule has 1 unspecified atom stereocenters. The van der Waals surface area contributed by atoms with Gasteiger partial charge in [0, 0.05) is 11.6 Å². The Bertz CT molecular complexity index is 557. The average molecular weight is 394 g/mol. The van der Waals surface area contributed by atoms with Crippen LogP contribution in [0, 0.1) is 0 Å². The quantitative estimate of drug-likeness (QED) is 0.487. The lowest BCUT2D eigenvalue weighted by Gasteiger charge is -2.18. The molecule has 0 aliphatic rings. The third-order valence-electron chi connectivity index (χ3n) is 3.05. The number of amides is 1. The fourth-order valence-electron chi connectivity index (χ4n) is 1.84. The molecule has 0 aliphatic heterocycles. The number of nitrogens with one attached hydrogen (secondary N) is 1. The topological polar surface area (TPSA) is 64.6 Å². The van der Waals surface area contributed by atoms with Gasteiger partial charge in [0.25, 0.3) is 5.91 Å². The van der Waals surface area contributed by atoms with Gasteiger partial charge in [-0.3, -0.25) is 4.79 Å². The average Bonchev–Trinajstić information content (AvgIpc) is 2.55. The molecule has 1 N–H and O–H groups in total. The molecule has 1 amide bonds. The Labute approximate surface area is 156 Å². The molecule has 1 rings (SSSR count). The van der Waals surface area contributed by atoms with Gasteiger partial charge in [-0.25, -0.2) is 4.79 Å². The van der Waals surface area contributed by atoms with Crippen molar-refractivity contribution >= 4 is 46.8 Å². The zero-order valence-electron chi connectivity index (χ0n) is 13.6. The Hall–Kier alpha value is -0.950.